The van der Waals surface area contributed by atoms with E-state index in [4.69, 9.17) is 0 Å². The lowest BCUT2D eigenvalue weighted by Gasteiger charge is -2.11. The quantitative estimate of drug-likeness (QED) is 0.696. The van der Waals surface area contributed by atoms with Crippen molar-refractivity contribution in [2.75, 3.05) is 5.32 Å². The minimum absolute atomic E-state index is 0.204. The highest BCUT2D eigenvalue weighted by Crippen LogP contribution is 2.20. The first-order valence-electron chi connectivity index (χ1n) is 5.76. The SMILES string of the molecule is C[C@H](Sc1ncccn1)C(=O)Nc1ccc(F)c(F)c1. The van der Waals surface area contributed by atoms with Crippen molar-refractivity contribution < 1.29 is 13.6 Å². The molecule has 0 radical (unpaired) electrons. The van der Waals surface area contributed by atoms with Gasteiger partial charge in [0, 0.05) is 24.1 Å². The summed E-state index contributed by atoms with van der Waals surface area (Å²) in [5.74, 6) is -2.30. The third-order valence-corrected chi connectivity index (χ3v) is 3.37. The number of nitrogens with one attached hydrogen (secondary N) is 1. The lowest BCUT2D eigenvalue weighted by molar-refractivity contribution is -0.115. The fourth-order valence-electron chi connectivity index (χ4n) is 1.38. The number of aromatic nitrogens is 2. The summed E-state index contributed by atoms with van der Waals surface area (Å²) in [5.41, 5.74) is 0.204. The van der Waals surface area contributed by atoms with Crippen LogP contribution in [0, 0.1) is 11.6 Å². The highest BCUT2D eigenvalue weighted by atomic mass is 32.2. The molecule has 0 aliphatic carbocycles. The predicted octanol–water partition coefficient (Wildman–Crippen LogP) is 2.87. The second kappa shape index (κ2) is 6.42. The molecule has 0 saturated carbocycles. The average molecular weight is 295 g/mol. The maximum atomic E-state index is 13.0. The highest BCUT2D eigenvalue weighted by molar-refractivity contribution is 8.00. The number of thioether (sulfide) groups is 1. The maximum absolute atomic E-state index is 13.0. The standard InChI is InChI=1S/C13H11F2N3OS/c1-8(20-13-16-5-2-6-17-13)12(19)18-9-3-4-10(14)11(15)7-9/h2-8H,1H3,(H,18,19)/t8-/m0/s1. The maximum Gasteiger partial charge on any atom is 0.237 e. The monoisotopic (exact) mass is 295 g/mol. The zero-order valence-corrected chi connectivity index (χ0v) is 11.3. The Hall–Kier alpha value is -2.02. The van der Waals surface area contributed by atoms with Gasteiger partial charge >= 0.3 is 0 Å². The molecule has 0 unspecified atom stereocenters. The zero-order chi connectivity index (χ0) is 14.5. The first kappa shape index (κ1) is 14.4. The number of hydrogen-bond donors (Lipinski definition) is 1. The van der Waals surface area contributed by atoms with Crippen LogP contribution in [0.25, 0.3) is 0 Å². The van der Waals surface area contributed by atoms with Crippen LogP contribution in [0.15, 0.2) is 41.8 Å². The van der Waals surface area contributed by atoms with E-state index in [-0.39, 0.29) is 11.6 Å². The summed E-state index contributed by atoms with van der Waals surface area (Å²) >= 11 is 1.18. The van der Waals surface area contributed by atoms with Crippen molar-refractivity contribution in [1.82, 2.24) is 9.97 Å². The first-order valence-corrected chi connectivity index (χ1v) is 6.64. The smallest absolute Gasteiger partial charge is 0.237 e. The molecule has 1 heterocycles. The van der Waals surface area contributed by atoms with Crippen LogP contribution in [-0.2, 0) is 4.79 Å². The molecular formula is C13H11F2N3OS. The van der Waals surface area contributed by atoms with Gasteiger partial charge in [-0.15, -0.1) is 0 Å². The zero-order valence-electron chi connectivity index (χ0n) is 10.5. The summed E-state index contributed by atoms with van der Waals surface area (Å²) in [7, 11) is 0. The molecule has 1 atom stereocenters. The van der Waals surface area contributed by atoms with E-state index in [1.54, 1.807) is 25.4 Å². The van der Waals surface area contributed by atoms with Crippen molar-refractivity contribution in [2.45, 2.75) is 17.3 Å². The average Bonchev–Trinajstić information content (AvgIpc) is 2.44. The van der Waals surface area contributed by atoms with Crippen molar-refractivity contribution in [2.24, 2.45) is 0 Å². The lowest BCUT2D eigenvalue weighted by Crippen LogP contribution is -2.22. The molecule has 1 N–H and O–H groups in total. The lowest BCUT2D eigenvalue weighted by atomic mass is 10.3. The number of anilines is 1. The summed E-state index contributed by atoms with van der Waals surface area (Å²) < 4.78 is 25.8. The Balaban J connectivity index is 1.99. The summed E-state index contributed by atoms with van der Waals surface area (Å²) in [6, 6.07) is 4.87. The number of nitrogens with zero attached hydrogens (tertiary/aromatic N) is 2. The molecule has 2 rings (SSSR count). The molecule has 1 aromatic carbocycles. The van der Waals surface area contributed by atoms with Gasteiger partial charge < -0.3 is 5.32 Å². The van der Waals surface area contributed by atoms with Gasteiger partial charge in [-0.05, 0) is 25.1 Å². The number of hydrogen-bond acceptors (Lipinski definition) is 4. The highest BCUT2D eigenvalue weighted by Gasteiger charge is 2.16. The summed E-state index contributed by atoms with van der Waals surface area (Å²) in [5, 5.41) is 2.51. The van der Waals surface area contributed by atoms with E-state index in [9.17, 15) is 13.6 Å². The second-order valence-corrected chi connectivity index (χ2v) is 5.22. The van der Waals surface area contributed by atoms with E-state index in [0.29, 0.717) is 5.16 Å². The molecule has 7 heteroatoms. The van der Waals surface area contributed by atoms with Crippen LogP contribution < -0.4 is 5.32 Å². The Morgan fingerprint density at radius 3 is 2.60 bits per heavy atom. The molecule has 0 aliphatic rings. The van der Waals surface area contributed by atoms with Crippen molar-refractivity contribution in [1.29, 1.82) is 0 Å². The van der Waals surface area contributed by atoms with Crippen molar-refractivity contribution in [3.8, 4) is 0 Å². The van der Waals surface area contributed by atoms with Crippen LogP contribution >= 0.6 is 11.8 Å². The number of rotatable bonds is 4. The van der Waals surface area contributed by atoms with Crippen LogP contribution in [0.3, 0.4) is 0 Å². The fourth-order valence-corrected chi connectivity index (χ4v) is 2.10. The summed E-state index contributed by atoms with van der Waals surface area (Å²) in [6.45, 7) is 1.68. The predicted molar refractivity (Wildman–Crippen MR) is 72.3 cm³/mol. The van der Waals surface area contributed by atoms with Crippen LogP contribution in [-0.4, -0.2) is 21.1 Å². The van der Waals surface area contributed by atoms with Crippen LogP contribution in [0.2, 0.25) is 0 Å². The summed E-state index contributed by atoms with van der Waals surface area (Å²) in [4.78, 5) is 19.9. The molecule has 0 aliphatic heterocycles. The Bertz CT molecular complexity index is 610. The number of halogens is 2. The topological polar surface area (TPSA) is 54.9 Å². The third kappa shape index (κ3) is 3.74. The van der Waals surface area contributed by atoms with E-state index in [1.807, 2.05) is 0 Å². The van der Waals surface area contributed by atoms with E-state index < -0.39 is 16.9 Å². The minimum atomic E-state index is -1.01. The molecule has 2 aromatic rings. The van der Waals surface area contributed by atoms with E-state index >= 15 is 0 Å². The summed E-state index contributed by atoms with van der Waals surface area (Å²) in [6.07, 6.45) is 3.16. The number of carbonyl (C=O) groups is 1. The van der Waals surface area contributed by atoms with Crippen molar-refractivity contribution in [3.05, 3.63) is 48.3 Å². The number of carbonyl (C=O) groups excluding carboxylic acids is 1. The molecule has 20 heavy (non-hydrogen) atoms. The molecule has 4 nitrogen and oxygen atoms in total. The Morgan fingerprint density at radius 2 is 1.95 bits per heavy atom. The van der Waals surface area contributed by atoms with Crippen LogP contribution in [0.1, 0.15) is 6.92 Å². The first-order chi connectivity index (χ1) is 9.56. The fraction of sp³-hybridized carbons (Fsp3) is 0.154. The molecule has 1 aromatic heterocycles. The minimum Gasteiger partial charge on any atom is -0.325 e. The molecule has 1 amide bonds. The van der Waals surface area contributed by atoms with Gasteiger partial charge in [-0.2, -0.15) is 0 Å². The number of benzene rings is 1. The van der Waals surface area contributed by atoms with Gasteiger partial charge in [0.1, 0.15) is 0 Å². The van der Waals surface area contributed by atoms with Gasteiger partial charge in [0.05, 0.1) is 5.25 Å². The number of amides is 1. The Kier molecular flexibility index (Phi) is 4.62. The molecule has 0 saturated heterocycles. The third-order valence-electron chi connectivity index (χ3n) is 2.38. The van der Waals surface area contributed by atoms with Gasteiger partial charge in [-0.25, -0.2) is 18.7 Å². The molecule has 0 fully saturated rings. The molecule has 0 bridgehead atoms. The molecule has 104 valence electrons. The Morgan fingerprint density at radius 1 is 1.25 bits per heavy atom. The molecule has 0 spiro atoms. The van der Waals surface area contributed by atoms with Crippen molar-refractivity contribution in [3.63, 3.8) is 0 Å². The van der Waals surface area contributed by atoms with Crippen LogP contribution in [0.5, 0.6) is 0 Å². The van der Waals surface area contributed by atoms with Gasteiger partial charge in [0.25, 0.3) is 0 Å². The largest absolute Gasteiger partial charge is 0.325 e. The van der Waals surface area contributed by atoms with Gasteiger partial charge in [-0.3, -0.25) is 4.79 Å². The van der Waals surface area contributed by atoms with Gasteiger partial charge in [-0.1, -0.05) is 11.8 Å². The van der Waals surface area contributed by atoms with Crippen LogP contribution in [0.4, 0.5) is 14.5 Å². The van der Waals surface area contributed by atoms with E-state index in [0.717, 1.165) is 12.1 Å². The second-order valence-electron chi connectivity index (χ2n) is 3.91. The molecular weight excluding hydrogens is 284 g/mol. The van der Waals surface area contributed by atoms with E-state index in [2.05, 4.69) is 15.3 Å². The Labute approximate surface area is 118 Å². The van der Waals surface area contributed by atoms with Gasteiger partial charge in [0.2, 0.25) is 5.91 Å². The van der Waals surface area contributed by atoms with Crippen molar-refractivity contribution >= 4 is 23.4 Å². The normalized spacial score (nSPS) is 11.9. The van der Waals surface area contributed by atoms with E-state index in [1.165, 1.54) is 17.8 Å². The van der Waals surface area contributed by atoms with Gasteiger partial charge in [0.15, 0.2) is 16.8 Å².